The van der Waals surface area contributed by atoms with Gasteiger partial charge in [-0.1, -0.05) is 19.3 Å². The van der Waals surface area contributed by atoms with E-state index in [0.717, 1.165) is 25.7 Å². The number of allylic oxidation sites excluding steroid dienone is 1. The lowest BCUT2D eigenvalue weighted by Gasteiger charge is -2.36. The highest BCUT2D eigenvalue weighted by Gasteiger charge is 2.31. The molecule has 1 aliphatic carbocycles. The molecule has 1 aliphatic heterocycles. The van der Waals surface area contributed by atoms with E-state index in [-0.39, 0.29) is 17.5 Å². The van der Waals surface area contributed by atoms with Gasteiger partial charge in [0.15, 0.2) is 11.5 Å². The van der Waals surface area contributed by atoms with Crippen molar-refractivity contribution in [1.82, 2.24) is 5.32 Å². The first-order valence-corrected chi connectivity index (χ1v) is 8.66. The molecule has 0 saturated heterocycles. The summed E-state index contributed by atoms with van der Waals surface area (Å²) in [7, 11) is 0. The fourth-order valence-electron chi connectivity index (χ4n) is 3.44. The van der Waals surface area contributed by atoms with Crippen LogP contribution in [-0.2, 0) is 4.79 Å². The van der Waals surface area contributed by atoms with E-state index in [9.17, 15) is 13.6 Å². The minimum absolute atomic E-state index is 0.0319. The number of halogens is 2. The Kier molecular flexibility index (Phi) is 4.97. The molecule has 0 atom stereocenters. The Bertz CT molecular complexity index is 679. The van der Waals surface area contributed by atoms with Crippen LogP contribution in [0.2, 0.25) is 0 Å². The highest BCUT2D eigenvalue weighted by atomic mass is 19.3. The molecule has 1 aromatic carbocycles. The summed E-state index contributed by atoms with van der Waals surface area (Å²) in [6.07, 6.45) is 6.86. The number of alkyl halides is 2. The van der Waals surface area contributed by atoms with E-state index in [1.165, 1.54) is 18.6 Å². The Morgan fingerprint density at radius 2 is 2.04 bits per heavy atom. The van der Waals surface area contributed by atoms with Crippen molar-refractivity contribution in [2.75, 3.05) is 0 Å². The summed E-state index contributed by atoms with van der Waals surface area (Å²) in [5, 5.41) is 3.21. The highest BCUT2D eigenvalue weighted by molar-refractivity contribution is 5.98. The maximum absolute atomic E-state index is 12.6. The summed E-state index contributed by atoms with van der Waals surface area (Å²) in [5.74, 6) is 0.631. The van der Waals surface area contributed by atoms with Crippen LogP contribution in [0, 0.1) is 5.92 Å². The zero-order valence-corrected chi connectivity index (χ0v) is 14.5. The lowest BCUT2D eigenvalue weighted by Crippen LogP contribution is -2.46. The first kappa shape index (κ1) is 17.7. The number of hydrogen-bond donors (Lipinski definition) is 1. The molecule has 3 rings (SSSR count). The molecule has 1 heterocycles. The molecular weight excluding hydrogens is 328 g/mol. The highest BCUT2D eigenvalue weighted by Crippen LogP contribution is 2.37. The summed E-state index contributed by atoms with van der Waals surface area (Å²) in [6.45, 7) is 0.737. The van der Waals surface area contributed by atoms with Crippen molar-refractivity contribution in [3.05, 3.63) is 29.8 Å². The summed E-state index contributed by atoms with van der Waals surface area (Å²) in [5.41, 5.74) is 0.574. The average molecular weight is 351 g/mol. The fraction of sp³-hybridized carbons (Fsp3) is 0.526. The molecule has 4 nitrogen and oxygen atoms in total. The van der Waals surface area contributed by atoms with Crippen LogP contribution in [0.4, 0.5) is 8.78 Å². The molecule has 1 N–H and O–H groups in total. The number of ether oxygens (including phenoxy) is 2. The molecule has 25 heavy (non-hydrogen) atoms. The van der Waals surface area contributed by atoms with Gasteiger partial charge in [-0.05, 0) is 38.8 Å². The van der Waals surface area contributed by atoms with Crippen LogP contribution in [0.15, 0.2) is 24.3 Å². The Morgan fingerprint density at radius 3 is 2.72 bits per heavy atom. The number of benzene rings is 1. The van der Waals surface area contributed by atoms with Crippen molar-refractivity contribution in [3.63, 3.8) is 0 Å². The van der Waals surface area contributed by atoms with E-state index >= 15 is 0 Å². The van der Waals surface area contributed by atoms with Crippen LogP contribution in [0.1, 0.15) is 51.5 Å². The lowest BCUT2D eigenvalue weighted by molar-refractivity contribution is -0.119. The Hall–Kier alpha value is -2.11. The number of carbonyl (C=O) groups is 1. The number of ketones is 1. The van der Waals surface area contributed by atoms with Crippen LogP contribution < -0.4 is 14.8 Å². The van der Waals surface area contributed by atoms with E-state index < -0.39 is 12.3 Å². The predicted molar refractivity (Wildman–Crippen MR) is 90.5 cm³/mol. The summed E-state index contributed by atoms with van der Waals surface area (Å²) < 4.78 is 35.1. The molecule has 0 bridgehead atoms. The zero-order valence-electron chi connectivity index (χ0n) is 14.5. The lowest BCUT2D eigenvalue weighted by atomic mass is 9.85. The summed E-state index contributed by atoms with van der Waals surface area (Å²) in [6, 6.07) is 4.52. The van der Waals surface area contributed by atoms with Gasteiger partial charge in [0.05, 0.1) is 5.70 Å². The van der Waals surface area contributed by atoms with Gasteiger partial charge in [0.25, 0.3) is 0 Å². The van der Waals surface area contributed by atoms with Crippen molar-refractivity contribution >= 4 is 11.5 Å². The van der Waals surface area contributed by atoms with Gasteiger partial charge < -0.3 is 14.8 Å². The van der Waals surface area contributed by atoms with E-state index in [4.69, 9.17) is 4.74 Å². The quantitative estimate of drug-likeness (QED) is 0.812. The molecule has 2 aliphatic rings. The van der Waals surface area contributed by atoms with Crippen molar-refractivity contribution < 1.29 is 23.0 Å². The van der Waals surface area contributed by atoms with Crippen LogP contribution in [0.5, 0.6) is 11.5 Å². The standard InChI is InChI=1S/C19H23F2NO3/c1-19(2)22-15(11-16(23)12-6-4-3-5-7-12)14-9-8-13(24-18(20)21)10-17(14)25-19/h8-12,18,22H,3-7H2,1-2H3/b15-11-. The number of nitrogens with one attached hydrogen (secondary N) is 1. The van der Waals surface area contributed by atoms with Gasteiger partial charge in [0.2, 0.25) is 0 Å². The number of carbonyl (C=O) groups excluding carboxylic acids is 1. The molecule has 1 saturated carbocycles. The van der Waals surface area contributed by atoms with E-state index in [0.29, 0.717) is 17.0 Å². The third kappa shape index (κ3) is 4.30. The van der Waals surface area contributed by atoms with Gasteiger partial charge in [0, 0.05) is 23.6 Å². The molecule has 1 fully saturated rings. The molecule has 0 spiro atoms. The van der Waals surface area contributed by atoms with Crippen LogP contribution in [-0.4, -0.2) is 18.1 Å². The van der Waals surface area contributed by atoms with Gasteiger partial charge in [-0.2, -0.15) is 8.78 Å². The van der Waals surface area contributed by atoms with Gasteiger partial charge in [0.1, 0.15) is 11.5 Å². The molecule has 0 amide bonds. The largest absolute Gasteiger partial charge is 0.468 e. The first-order chi connectivity index (χ1) is 11.8. The van der Waals surface area contributed by atoms with Gasteiger partial charge in [-0.25, -0.2) is 0 Å². The van der Waals surface area contributed by atoms with Crippen molar-refractivity contribution in [1.29, 1.82) is 0 Å². The average Bonchev–Trinajstić information content (AvgIpc) is 2.53. The Labute approximate surface area is 146 Å². The molecule has 1 aromatic rings. The van der Waals surface area contributed by atoms with E-state index in [1.54, 1.807) is 12.1 Å². The van der Waals surface area contributed by atoms with Gasteiger partial charge in [-0.15, -0.1) is 0 Å². The fourth-order valence-corrected chi connectivity index (χ4v) is 3.44. The van der Waals surface area contributed by atoms with Crippen molar-refractivity contribution in [2.45, 2.75) is 58.3 Å². The third-order valence-electron chi connectivity index (χ3n) is 4.56. The van der Waals surface area contributed by atoms with Crippen LogP contribution in [0.3, 0.4) is 0 Å². The second-order valence-electron chi connectivity index (χ2n) is 7.07. The smallest absolute Gasteiger partial charge is 0.387 e. The number of rotatable bonds is 4. The topological polar surface area (TPSA) is 47.6 Å². The van der Waals surface area contributed by atoms with Gasteiger partial charge in [-0.3, -0.25) is 4.79 Å². The van der Waals surface area contributed by atoms with Gasteiger partial charge >= 0.3 is 6.61 Å². The molecule has 136 valence electrons. The van der Waals surface area contributed by atoms with E-state index in [1.807, 2.05) is 13.8 Å². The molecule has 6 heteroatoms. The second kappa shape index (κ2) is 7.02. The predicted octanol–water partition coefficient (Wildman–Crippen LogP) is 4.50. The SMILES string of the molecule is CC1(C)N/C(=C\C(=O)C2CCCCC2)c2ccc(OC(F)F)cc2O1. The normalized spacial score (nSPS) is 21.4. The first-order valence-electron chi connectivity index (χ1n) is 8.66. The van der Waals surface area contributed by atoms with Crippen LogP contribution >= 0.6 is 0 Å². The Morgan fingerprint density at radius 1 is 1.32 bits per heavy atom. The Balaban J connectivity index is 1.90. The van der Waals surface area contributed by atoms with E-state index in [2.05, 4.69) is 10.1 Å². The molecule has 0 aromatic heterocycles. The maximum Gasteiger partial charge on any atom is 0.387 e. The summed E-state index contributed by atoms with van der Waals surface area (Å²) >= 11 is 0. The second-order valence-corrected chi connectivity index (χ2v) is 7.07. The number of hydrogen-bond acceptors (Lipinski definition) is 4. The monoisotopic (exact) mass is 351 g/mol. The van der Waals surface area contributed by atoms with Crippen LogP contribution in [0.25, 0.3) is 5.70 Å². The summed E-state index contributed by atoms with van der Waals surface area (Å²) in [4.78, 5) is 12.6. The minimum Gasteiger partial charge on any atom is -0.468 e. The minimum atomic E-state index is -2.89. The third-order valence-corrected chi connectivity index (χ3v) is 4.56. The molecule has 0 unspecified atom stereocenters. The maximum atomic E-state index is 12.6. The number of fused-ring (bicyclic) bond motifs is 1. The zero-order chi connectivity index (χ0) is 18.0. The van der Waals surface area contributed by atoms with Crippen molar-refractivity contribution in [2.24, 2.45) is 5.92 Å². The van der Waals surface area contributed by atoms with Crippen molar-refractivity contribution in [3.8, 4) is 11.5 Å². The molecular formula is C19H23F2NO3. The molecule has 0 radical (unpaired) electrons.